The number of thioether (sulfide) groups is 1. The molecule has 0 saturated carbocycles. The molecule has 8 heteroatoms. The summed E-state index contributed by atoms with van der Waals surface area (Å²) in [5, 5.41) is 2.94. The molecule has 1 aliphatic rings. The van der Waals surface area contributed by atoms with Gasteiger partial charge in [0.15, 0.2) is 0 Å². The van der Waals surface area contributed by atoms with Gasteiger partial charge in [0.1, 0.15) is 11.8 Å². The molecule has 7 nitrogen and oxygen atoms in total. The number of hydrogen-bond donors (Lipinski definition) is 1. The summed E-state index contributed by atoms with van der Waals surface area (Å²) < 4.78 is 7.39. The molecule has 29 heavy (non-hydrogen) atoms. The number of para-hydroxylation sites is 1. The van der Waals surface area contributed by atoms with Crippen LogP contribution in [0.15, 0.2) is 43.0 Å². The number of methoxy groups -OCH3 is 1. The minimum absolute atomic E-state index is 0.00798. The van der Waals surface area contributed by atoms with Crippen LogP contribution in [0.2, 0.25) is 0 Å². The van der Waals surface area contributed by atoms with Crippen LogP contribution in [0.25, 0.3) is 0 Å². The molecular formula is C21H28N4O3S. The first kappa shape index (κ1) is 21.2. The van der Waals surface area contributed by atoms with Gasteiger partial charge in [-0.05, 0) is 43.4 Å². The Morgan fingerprint density at radius 2 is 2.07 bits per heavy atom. The van der Waals surface area contributed by atoms with Gasteiger partial charge in [-0.1, -0.05) is 12.1 Å². The number of rotatable bonds is 8. The van der Waals surface area contributed by atoms with Crippen molar-refractivity contribution in [2.75, 3.05) is 32.2 Å². The first-order valence-corrected chi connectivity index (χ1v) is 11.2. The van der Waals surface area contributed by atoms with Gasteiger partial charge >= 0.3 is 0 Å². The van der Waals surface area contributed by atoms with Gasteiger partial charge in [-0.3, -0.25) is 9.59 Å². The number of imidazole rings is 1. The zero-order chi connectivity index (χ0) is 20.6. The lowest BCUT2D eigenvalue weighted by Crippen LogP contribution is -2.51. The first-order chi connectivity index (χ1) is 14.1. The number of piperidine rings is 1. The summed E-state index contributed by atoms with van der Waals surface area (Å²) in [5.41, 5.74) is 0.441. The molecule has 1 unspecified atom stereocenters. The molecule has 156 valence electrons. The molecule has 1 aromatic carbocycles. The normalized spacial score (nSPS) is 15.7. The topological polar surface area (TPSA) is 76.5 Å². The van der Waals surface area contributed by atoms with E-state index in [4.69, 9.17) is 4.74 Å². The van der Waals surface area contributed by atoms with Gasteiger partial charge in [-0.15, -0.1) is 0 Å². The van der Waals surface area contributed by atoms with E-state index in [1.165, 1.54) is 7.11 Å². The third-order valence-electron chi connectivity index (χ3n) is 5.29. The number of nitrogens with zero attached hydrogens (tertiary/aromatic N) is 3. The van der Waals surface area contributed by atoms with E-state index >= 15 is 0 Å². The van der Waals surface area contributed by atoms with Gasteiger partial charge in [-0.25, -0.2) is 4.98 Å². The number of ether oxygens (including phenoxy) is 1. The molecule has 1 atom stereocenters. The second kappa shape index (κ2) is 10.3. The van der Waals surface area contributed by atoms with Gasteiger partial charge in [0.05, 0.1) is 19.0 Å². The van der Waals surface area contributed by atoms with Crippen molar-refractivity contribution in [3.8, 4) is 5.75 Å². The summed E-state index contributed by atoms with van der Waals surface area (Å²) in [7, 11) is 1.53. The number of carbonyl (C=O) groups is 2. The van der Waals surface area contributed by atoms with Gasteiger partial charge < -0.3 is 19.5 Å². The predicted octanol–water partition coefficient (Wildman–Crippen LogP) is 2.61. The average molecular weight is 417 g/mol. The third kappa shape index (κ3) is 5.32. The standard InChI is InChI=1S/C21H28N4O3S/c1-28-19-6-4-3-5-17(19)20(26)23-18(9-14-29-2)21(27)24-11-7-16(8-12-24)25-13-10-22-15-25/h3-6,10,13,15-16,18H,7-9,11-12,14H2,1-2H3,(H,23,26). The summed E-state index contributed by atoms with van der Waals surface area (Å²) in [5.74, 6) is 1.01. The second-order valence-electron chi connectivity index (χ2n) is 7.07. The lowest BCUT2D eigenvalue weighted by Gasteiger charge is -2.35. The molecular weight excluding hydrogens is 388 g/mol. The summed E-state index contributed by atoms with van der Waals surface area (Å²) in [6, 6.07) is 6.89. The Morgan fingerprint density at radius 1 is 1.31 bits per heavy atom. The van der Waals surface area contributed by atoms with Crippen LogP contribution in [0.4, 0.5) is 0 Å². The van der Waals surface area contributed by atoms with Crippen LogP contribution < -0.4 is 10.1 Å². The highest BCUT2D eigenvalue weighted by molar-refractivity contribution is 7.98. The lowest BCUT2D eigenvalue weighted by molar-refractivity contribution is -0.134. The molecule has 2 heterocycles. The smallest absolute Gasteiger partial charge is 0.255 e. The minimum atomic E-state index is -0.537. The van der Waals surface area contributed by atoms with E-state index in [9.17, 15) is 9.59 Å². The number of aromatic nitrogens is 2. The van der Waals surface area contributed by atoms with Crippen LogP contribution >= 0.6 is 11.8 Å². The van der Waals surface area contributed by atoms with Crippen molar-refractivity contribution in [1.82, 2.24) is 19.8 Å². The number of amides is 2. The van der Waals surface area contributed by atoms with Gasteiger partial charge in [0, 0.05) is 31.5 Å². The number of hydrogen-bond acceptors (Lipinski definition) is 5. The van der Waals surface area contributed by atoms with E-state index in [0.717, 1.165) is 18.6 Å². The Balaban J connectivity index is 1.65. The summed E-state index contributed by atoms with van der Waals surface area (Å²) in [4.78, 5) is 32.0. The van der Waals surface area contributed by atoms with Gasteiger partial charge in [0.2, 0.25) is 5.91 Å². The average Bonchev–Trinajstić information content (AvgIpc) is 3.31. The molecule has 2 amide bonds. The Kier molecular flexibility index (Phi) is 7.57. The van der Waals surface area contributed by atoms with Crippen LogP contribution in [0.1, 0.15) is 35.7 Å². The fraction of sp³-hybridized carbons (Fsp3) is 0.476. The number of carbonyl (C=O) groups excluding carboxylic acids is 2. The molecule has 0 bridgehead atoms. The minimum Gasteiger partial charge on any atom is -0.496 e. The number of benzene rings is 1. The zero-order valence-electron chi connectivity index (χ0n) is 16.9. The fourth-order valence-electron chi connectivity index (χ4n) is 3.65. The SMILES string of the molecule is COc1ccccc1C(=O)NC(CCSC)C(=O)N1CCC(n2ccnc2)CC1. The Bertz CT molecular complexity index is 804. The lowest BCUT2D eigenvalue weighted by atomic mass is 10.0. The summed E-state index contributed by atoms with van der Waals surface area (Å²) in [6.45, 7) is 1.37. The van der Waals surface area contributed by atoms with E-state index < -0.39 is 6.04 Å². The Morgan fingerprint density at radius 3 is 2.72 bits per heavy atom. The zero-order valence-corrected chi connectivity index (χ0v) is 17.7. The predicted molar refractivity (Wildman–Crippen MR) is 114 cm³/mol. The van der Waals surface area contributed by atoms with Crippen LogP contribution in [-0.4, -0.2) is 64.5 Å². The van der Waals surface area contributed by atoms with Crippen LogP contribution in [-0.2, 0) is 4.79 Å². The summed E-state index contributed by atoms with van der Waals surface area (Å²) >= 11 is 1.67. The van der Waals surface area contributed by atoms with Crippen molar-refractivity contribution >= 4 is 23.6 Å². The third-order valence-corrected chi connectivity index (χ3v) is 5.93. The molecule has 3 rings (SSSR count). The highest BCUT2D eigenvalue weighted by Crippen LogP contribution is 2.23. The molecule has 1 fully saturated rings. The maximum absolute atomic E-state index is 13.2. The van der Waals surface area contributed by atoms with E-state index in [0.29, 0.717) is 36.9 Å². The number of likely N-dealkylation sites (tertiary alicyclic amines) is 1. The van der Waals surface area contributed by atoms with Crippen LogP contribution in [0.3, 0.4) is 0 Å². The van der Waals surface area contributed by atoms with Gasteiger partial charge in [-0.2, -0.15) is 11.8 Å². The molecule has 1 aromatic heterocycles. The van der Waals surface area contributed by atoms with E-state index in [1.807, 2.05) is 29.7 Å². The molecule has 1 saturated heterocycles. The molecule has 1 aliphatic heterocycles. The quantitative estimate of drug-likeness (QED) is 0.716. The monoisotopic (exact) mass is 416 g/mol. The Hall–Kier alpha value is -2.48. The molecule has 1 N–H and O–H groups in total. The largest absolute Gasteiger partial charge is 0.496 e. The van der Waals surface area contributed by atoms with Gasteiger partial charge in [0.25, 0.3) is 5.91 Å². The Labute approximate surface area is 175 Å². The maximum atomic E-state index is 13.2. The highest BCUT2D eigenvalue weighted by atomic mass is 32.2. The van der Waals surface area contributed by atoms with Crippen molar-refractivity contribution in [3.05, 3.63) is 48.5 Å². The number of nitrogens with one attached hydrogen (secondary N) is 1. The van der Waals surface area contributed by atoms with Crippen LogP contribution in [0, 0.1) is 0 Å². The molecule has 0 spiro atoms. The summed E-state index contributed by atoms with van der Waals surface area (Å²) in [6.07, 6.45) is 9.95. The van der Waals surface area contributed by atoms with Crippen molar-refractivity contribution in [2.45, 2.75) is 31.3 Å². The second-order valence-corrected chi connectivity index (χ2v) is 8.06. The van der Waals surface area contributed by atoms with Crippen molar-refractivity contribution in [1.29, 1.82) is 0 Å². The molecule has 2 aromatic rings. The van der Waals surface area contributed by atoms with E-state index in [-0.39, 0.29) is 11.8 Å². The van der Waals surface area contributed by atoms with Crippen molar-refractivity contribution in [3.63, 3.8) is 0 Å². The molecule has 0 aliphatic carbocycles. The first-order valence-electron chi connectivity index (χ1n) is 9.83. The fourth-order valence-corrected chi connectivity index (χ4v) is 4.12. The van der Waals surface area contributed by atoms with Crippen molar-refractivity contribution < 1.29 is 14.3 Å². The van der Waals surface area contributed by atoms with Crippen LogP contribution in [0.5, 0.6) is 5.75 Å². The maximum Gasteiger partial charge on any atom is 0.255 e. The van der Waals surface area contributed by atoms with Crippen molar-refractivity contribution in [2.24, 2.45) is 0 Å². The van der Waals surface area contributed by atoms with E-state index in [1.54, 1.807) is 36.2 Å². The molecule has 0 radical (unpaired) electrons. The van der Waals surface area contributed by atoms with E-state index in [2.05, 4.69) is 14.9 Å². The highest BCUT2D eigenvalue weighted by Gasteiger charge is 2.30.